The van der Waals surface area contributed by atoms with Gasteiger partial charge in [-0.05, 0) is 12.8 Å². The van der Waals surface area contributed by atoms with E-state index in [1.165, 1.54) is 6.92 Å². The van der Waals surface area contributed by atoms with Gasteiger partial charge in [-0.3, -0.25) is 14.5 Å². The average molecular weight is 200 g/mol. The van der Waals surface area contributed by atoms with Crippen molar-refractivity contribution in [3.63, 3.8) is 0 Å². The maximum absolute atomic E-state index is 10.8. The van der Waals surface area contributed by atoms with E-state index in [1.54, 1.807) is 0 Å². The fourth-order valence-corrected chi connectivity index (χ4v) is 1.71. The molecule has 1 amide bonds. The molecule has 0 aliphatic carbocycles. The number of rotatable bonds is 3. The van der Waals surface area contributed by atoms with Crippen molar-refractivity contribution in [3.05, 3.63) is 0 Å². The van der Waals surface area contributed by atoms with E-state index < -0.39 is 5.97 Å². The van der Waals surface area contributed by atoms with Crippen LogP contribution in [0.4, 0.5) is 0 Å². The number of likely N-dealkylation sites (tertiary alicyclic amines) is 1. The third kappa shape index (κ3) is 3.74. The molecule has 14 heavy (non-hydrogen) atoms. The summed E-state index contributed by atoms with van der Waals surface area (Å²) in [6, 6.07) is 0.220. The Labute approximate surface area is 83.1 Å². The highest BCUT2D eigenvalue weighted by atomic mass is 16.4. The van der Waals surface area contributed by atoms with Crippen LogP contribution in [0, 0.1) is 0 Å². The van der Waals surface area contributed by atoms with Crippen LogP contribution in [0.25, 0.3) is 0 Å². The highest BCUT2D eigenvalue weighted by Gasteiger charge is 2.20. The quantitative estimate of drug-likeness (QED) is 0.654. The van der Waals surface area contributed by atoms with Crippen LogP contribution in [-0.4, -0.2) is 47.6 Å². The molecule has 0 bridgehead atoms. The highest BCUT2D eigenvalue weighted by Crippen LogP contribution is 2.09. The first-order valence-corrected chi connectivity index (χ1v) is 4.79. The third-order valence-electron chi connectivity index (χ3n) is 2.35. The van der Waals surface area contributed by atoms with Gasteiger partial charge in [-0.15, -0.1) is 0 Å². The number of nitrogens with one attached hydrogen (secondary N) is 1. The minimum absolute atomic E-state index is 0.0123. The summed E-state index contributed by atoms with van der Waals surface area (Å²) in [4.78, 5) is 23.1. The number of carbonyl (C=O) groups is 2. The van der Waals surface area contributed by atoms with Gasteiger partial charge in [0.2, 0.25) is 5.91 Å². The second-order valence-corrected chi connectivity index (χ2v) is 3.64. The molecule has 0 radical (unpaired) electrons. The smallest absolute Gasteiger partial charge is 0.317 e. The van der Waals surface area contributed by atoms with Crippen molar-refractivity contribution >= 4 is 11.9 Å². The highest BCUT2D eigenvalue weighted by molar-refractivity contribution is 5.73. The standard InChI is InChI=1S/C9H16N2O3/c1-7(12)10-8-2-4-11(5-3-8)6-9(13)14/h8H,2-6H2,1H3,(H,10,12)(H,13,14). The first-order valence-electron chi connectivity index (χ1n) is 4.79. The molecule has 2 N–H and O–H groups in total. The molecular weight excluding hydrogens is 184 g/mol. The summed E-state index contributed by atoms with van der Waals surface area (Å²) in [5.74, 6) is -0.801. The Hall–Kier alpha value is -1.10. The molecule has 0 aromatic heterocycles. The second-order valence-electron chi connectivity index (χ2n) is 3.64. The van der Waals surface area contributed by atoms with Gasteiger partial charge in [0.15, 0.2) is 0 Å². The lowest BCUT2D eigenvalue weighted by atomic mass is 10.1. The van der Waals surface area contributed by atoms with Gasteiger partial charge in [0.05, 0.1) is 6.54 Å². The molecule has 0 unspecified atom stereocenters. The zero-order chi connectivity index (χ0) is 10.6. The number of hydrogen-bond donors (Lipinski definition) is 2. The fourth-order valence-electron chi connectivity index (χ4n) is 1.71. The number of nitrogens with zero attached hydrogens (tertiary/aromatic N) is 1. The Kier molecular flexibility index (Phi) is 3.88. The third-order valence-corrected chi connectivity index (χ3v) is 2.35. The fraction of sp³-hybridized carbons (Fsp3) is 0.778. The summed E-state index contributed by atoms with van der Waals surface area (Å²) in [7, 11) is 0. The molecule has 1 heterocycles. The summed E-state index contributed by atoms with van der Waals surface area (Å²) in [5.41, 5.74) is 0. The summed E-state index contributed by atoms with van der Waals surface area (Å²) in [5, 5.41) is 11.4. The predicted molar refractivity (Wildman–Crippen MR) is 50.9 cm³/mol. The number of hydrogen-bond acceptors (Lipinski definition) is 3. The molecule has 0 aromatic rings. The Morgan fingerprint density at radius 2 is 2.00 bits per heavy atom. The largest absolute Gasteiger partial charge is 0.480 e. The maximum Gasteiger partial charge on any atom is 0.317 e. The van der Waals surface area contributed by atoms with Crippen LogP contribution in [0.3, 0.4) is 0 Å². The molecule has 0 atom stereocenters. The molecule has 1 aliphatic rings. The van der Waals surface area contributed by atoms with Crippen molar-refractivity contribution in [2.45, 2.75) is 25.8 Å². The van der Waals surface area contributed by atoms with E-state index in [0.717, 1.165) is 25.9 Å². The van der Waals surface area contributed by atoms with Gasteiger partial charge in [-0.2, -0.15) is 0 Å². The average Bonchev–Trinajstić information content (AvgIpc) is 2.06. The monoisotopic (exact) mass is 200 g/mol. The summed E-state index contributed by atoms with van der Waals surface area (Å²) in [6.45, 7) is 3.10. The zero-order valence-corrected chi connectivity index (χ0v) is 8.32. The summed E-state index contributed by atoms with van der Waals surface area (Å²) < 4.78 is 0. The van der Waals surface area contributed by atoms with Gasteiger partial charge in [0, 0.05) is 26.1 Å². The molecule has 5 heteroatoms. The van der Waals surface area contributed by atoms with Crippen LogP contribution >= 0.6 is 0 Å². The van der Waals surface area contributed by atoms with E-state index in [1.807, 2.05) is 4.90 Å². The number of piperidine rings is 1. The topological polar surface area (TPSA) is 69.6 Å². The zero-order valence-electron chi connectivity index (χ0n) is 8.32. The molecule has 80 valence electrons. The number of carbonyl (C=O) groups excluding carboxylic acids is 1. The number of aliphatic carboxylic acids is 1. The second kappa shape index (κ2) is 4.95. The Morgan fingerprint density at radius 3 is 2.43 bits per heavy atom. The van der Waals surface area contributed by atoms with Gasteiger partial charge < -0.3 is 10.4 Å². The van der Waals surface area contributed by atoms with Gasteiger partial charge in [0.1, 0.15) is 0 Å². The number of carboxylic acids is 1. The predicted octanol–water partition coefficient (Wildman–Crippen LogP) is -0.328. The van der Waals surface area contributed by atoms with E-state index in [-0.39, 0.29) is 18.5 Å². The first kappa shape index (κ1) is 11.0. The van der Waals surface area contributed by atoms with Crippen LogP contribution in [0.1, 0.15) is 19.8 Å². The number of amides is 1. The molecule has 1 rings (SSSR count). The molecular formula is C9H16N2O3. The molecule has 1 saturated heterocycles. The lowest BCUT2D eigenvalue weighted by molar-refractivity contribution is -0.138. The Bertz CT molecular complexity index is 198. The Morgan fingerprint density at radius 1 is 1.43 bits per heavy atom. The molecule has 5 nitrogen and oxygen atoms in total. The van der Waals surface area contributed by atoms with E-state index >= 15 is 0 Å². The van der Waals surface area contributed by atoms with Crippen molar-refractivity contribution in [2.24, 2.45) is 0 Å². The van der Waals surface area contributed by atoms with Crippen molar-refractivity contribution < 1.29 is 14.7 Å². The molecule has 1 aliphatic heterocycles. The van der Waals surface area contributed by atoms with E-state index in [2.05, 4.69) is 5.32 Å². The van der Waals surface area contributed by atoms with E-state index in [0.29, 0.717) is 0 Å². The van der Waals surface area contributed by atoms with Crippen LogP contribution in [0.15, 0.2) is 0 Å². The SMILES string of the molecule is CC(=O)NC1CCN(CC(=O)O)CC1. The van der Waals surface area contributed by atoms with Crippen LogP contribution in [0.2, 0.25) is 0 Å². The van der Waals surface area contributed by atoms with E-state index in [4.69, 9.17) is 5.11 Å². The maximum atomic E-state index is 10.8. The number of carboxylic acid groups (broad SMARTS) is 1. The van der Waals surface area contributed by atoms with Crippen molar-refractivity contribution in [1.82, 2.24) is 10.2 Å². The van der Waals surface area contributed by atoms with Gasteiger partial charge in [-0.25, -0.2) is 0 Å². The van der Waals surface area contributed by atoms with Crippen LogP contribution in [-0.2, 0) is 9.59 Å². The Balaban J connectivity index is 2.24. The summed E-state index contributed by atoms with van der Waals surface area (Å²) in [6.07, 6.45) is 1.68. The normalized spacial score (nSPS) is 19.2. The van der Waals surface area contributed by atoms with Crippen LogP contribution in [0.5, 0.6) is 0 Å². The molecule has 0 aromatic carbocycles. The van der Waals surface area contributed by atoms with Crippen molar-refractivity contribution in [1.29, 1.82) is 0 Å². The minimum atomic E-state index is -0.789. The van der Waals surface area contributed by atoms with Gasteiger partial charge in [0.25, 0.3) is 0 Å². The molecule has 0 spiro atoms. The van der Waals surface area contributed by atoms with Crippen molar-refractivity contribution in [2.75, 3.05) is 19.6 Å². The van der Waals surface area contributed by atoms with Gasteiger partial charge >= 0.3 is 5.97 Å². The lowest BCUT2D eigenvalue weighted by Crippen LogP contribution is -2.45. The van der Waals surface area contributed by atoms with Crippen molar-refractivity contribution in [3.8, 4) is 0 Å². The first-order chi connectivity index (χ1) is 6.58. The molecule has 0 saturated carbocycles. The molecule has 1 fully saturated rings. The van der Waals surface area contributed by atoms with Gasteiger partial charge in [-0.1, -0.05) is 0 Å². The van der Waals surface area contributed by atoms with E-state index in [9.17, 15) is 9.59 Å². The minimum Gasteiger partial charge on any atom is -0.480 e. The summed E-state index contributed by atoms with van der Waals surface area (Å²) >= 11 is 0. The van der Waals surface area contributed by atoms with Crippen LogP contribution < -0.4 is 5.32 Å². The lowest BCUT2D eigenvalue weighted by Gasteiger charge is -2.30.